The van der Waals surface area contributed by atoms with Crippen molar-refractivity contribution in [3.05, 3.63) is 98.2 Å². The van der Waals surface area contributed by atoms with Gasteiger partial charge in [-0.05, 0) is 60.3 Å². The van der Waals surface area contributed by atoms with E-state index in [1.807, 2.05) is 18.4 Å². The lowest BCUT2D eigenvalue weighted by Gasteiger charge is -2.08. The van der Waals surface area contributed by atoms with Crippen molar-refractivity contribution in [3.8, 4) is 0 Å². The summed E-state index contributed by atoms with van der Waals surface area (Å²) < 4.78 is 6.72. The number of carbonyl (C=O) groups excluding carboxylic acids is 2. The predicted molar refractivity (Wildman–Crippen MR) is 114 cm³/mol. The van der Waals surface area contributed by atoms with Crippen molar-refractivity contribution >= 4 is 34.5 Å². The molecule has 8 heteroatoms. The third-order valence-corrected chi connectivity index (χ3v) is 5.22. The zero-order valence-corrected chi connectivity index (χ0v) is 16.8. The summed E-state index contributed by atoms with van der Waals surface area (Å²) in [5.74, 6) is -0.749. The quantitative estimate of drug-likeness (QED) is 0.499. The van der Waals surface area contributed by atoms with Crippen molar-refractivity contribution in [3.63, 3.8) is 0 Å². The number of anilines is 1. The SMILES string of the molecule is Cc1ccn2c(=O)cc(COC(=O)c3ccc(NC(=O)c4cccs4)cc3)nc2c1. The number of nitrogens with one attached hydrogen (secondary N) is 1. The fourth-order valence-corrected chi connectivity index (χ4v) is 3.46. The Balaban J connectivity index is 1.41. The predicted octanol–water partition coefficient (Wildman–Crippen LogP) is 3.67. The molecule has 1 aromatic carbocycles. The molecule has 150 valence electrons. The first kappa shape index (κ1) is 19.5. The zero-order chi connectivity index (χ0) is 21.1. The van der Waals surface area contributed by atoms with Gasteiger partial charge in [-0.2, -0.15) is 0 Å². The number of benzene rings is 1. The first-order valence-corrected chi connectivity index (χ1v) is 9.98. The van der Waals surface area contributed by atoms with Crippen LogP contribution in [-0.2, 0) is 11.3 Å². The highest BCUT2D eigenvalue weighted by Crippen LogP contribution is 2.15. The molecule has 0 saturated heterocycles. The highest BCUT2D eigenvalue weighted by molar-refractivity contribution is 7.12. The van der Waals surface area contributed by atoms with Gasteiger partial charge >= 0.3 is 5.97 Å². The second-order valence-electron chi connectivity index (χ2n) is 6.60. The van der Waals surface area contributed by atoms with Crippen LogP contribution in [-0.4, -0.2) is 21.3 Å². The van der Waals surface area contributed by atoms with E-state index >= 15 is 0 Å². The summed E-state index contributed by atoms with van der Waals surface area (Å²) in [5.41, 5.74) is 2.51. The van der Waals surface area contributed by atoms with Gasteiger partial charge < -0.3 is 10.1 Å². The number of hydrogen-bond donors (Lipinski definition) is 1. The number of hydrogen-bond acceptors (Lipinski definition) is 6. The third-order valence-electron chi connectivity index (χ3n) is 4.35. The molecule has 0 bridgehead atoms. The smallest absolute Gasteiger partial charge is 0.338 e. The van der Waals surface area contributed by atoms with Crippen LogP contribution in [0.1, 0.15) is 31.3 Å². The Kier molecular flexibility index (Phi) is 5.40. The summed E-state index contributed by atoms with van der Waals surface area (Å²) in [5, 5.41) is 4.60. The lowest BCUT2D eigenvalue weighted by Crippen LogP contribution is -2.16. The molecule has 0 aliphatic carbocycles. The Morgan fingerprint density at radius 2 is 1.93 bits per heavy atom. The van der Waals surface area contributed by atoms with Crippen LogP contribution >= 0.6 is 11.3 Å². The van der Waals surface area contributed by atoms with Crippen LogP contribution in [0.15, 0.2) is 71.0 Å². The van der Waals surface area contributed by atoms with Crippen molar-refractivity contribution < 1.29 is 14.3 Å². The average molecular weight is 419 g/mol. The van der Waals surface area contributed by atoms with Gasteiger partial charge in [-0.25, -0.2) is 9.78 Å². The van der Waals surface area contributed by atoms with E-state index < -0.39 is 5.97 Å². The monoisotopic (exact) mass is 419 g/mol. The van der Waals surface area contributed by atoms with E-state index in [4.69, 9.17) is 4.74 Å². The van der Waals surface area contributed by atoms with Crippen LogP contribution in [0.25, 0.3) is 5.65 Å². The Bertz CT molecular complexity index is 1280. The maximum absolute atomic E-state index is 12.3. The van der Waals surface area contributed by atoms with Gasteiger partial charge in [0, 0.05) is 18.0 Å². The molecule has 3 aromatic heterocycles. The van der Waals surface area contributed by atoms with Crippen LogP contribution in [0.2, 0.25) is 0 Å². The lowest BCUT2D eigenvalue weighted by atomic mass is 10.2. The maximum Gasteiger partial charge on any atom is 0.338 e. The van der Waals surface area contributed by atoms with E-state index in [-0.39, 0.29) is 18.1 Å². The maximum atomic E-state index is 12.3. The number of aromatic nitrogens is 2. The molecule has 3 heterocycles. The summed E-state index contributed by atoms with van der Waals surface area (Å²) in [6, 6.07) is 14.9. The Morgan fingerprint density at radius 1 is 1.13 bits per heavy atom. The normalized spacial score (nSPS) is 10.7. The molecule has 7 nitrogen and oxygen atoms in total. The summed E-state index contributed by atoms with van der Waals surface area (Å²) in [7, 11) is 0. The topological polar surface area (TPSA) is 89.8 Å². The average Bonchev–Trinajstić information content (AvgIpc) is 3.27. The summed E-state index contributed by atoms with van der Waals surface area (Å²) in [4.78, 5) is 41.6. The number of nitrogens with zero attached hydrogens (tertiary/aromatic N) is 2. The number of pyridine rings is 1. The number of fused-ring (bicyclic) bond motifs is 1. The van der Waals surface area contributed by atoms with Gasteiger partial charge in [0.2, 0.25) is 0 Å². The molecule has 0 aliphatic rings. The van der Waals surface area contributed by atoms with Gasteiger partial charge in [-0.15, -0.1) is 11.3 Å². The standard InChI is InChI=1S/C22H17N3O4S/c1-14-8-9-25-19(11-14)23-17(12-20(25)26)13-29-22(28)15-4-6-16(7-5-15)24-21(27)18-3-2-10-30-18/h2-12H,13H2,1H3,(H,24,27). The number of carbonyl (C=O) groups is 2. The molecule has 1 amide bonds. The summed E-state index contributed by atoms with van der Waals surface area (Å²) in [6.45, 7) is 1.79. The second-order valence-corrected chi connectivity index (χ2v) is 7.55. The molecule has 4 aromatic rings. The van der Waals surface area contributed by atoms with E-state index in [0.717, 1.165) is 5.56 Å². The molecule has 0 spiro atoms. The number of thiophene rings is 1. The summed E-state index contributed by atoms with van der Waals surface area (Å²) >= 11 is 1.35. The molecule has 30 heavy (non-hydrogen) atoms. The van der Waals surface area contributed by atoms with E-state index in [2.05, 4.69) is 10.3 Å². The Hall–Kier alpha value is -3.78. The minimum absolute atomic E-state index is 0.116. The van der Waals surface area contributed by atoms with Crippen molar-refractivity contribution in [2.45, 2.75) is 13.5 Å². The molecule has 4 rings (SSSR count). The van der Waals surface area contributed by atoms with Crippen LogP contribution in [0.3, 0.4) is 0 Å². The van der Waals surface area contributed by atoms with E-state index in [1.54, 1.807) is 48.7 Å². The number of ether oxygens (including phenoxy) is 1. The molecule has 0 fully saturated rings. The Labute approximate surface area is 175 Å². The van der Waals surface area contributed by atoms with Gasteiger partial charge in [-0.3, -0.25) is 14.0 Å². The van der Waals surface area contributed by atoms with E-state index in [9.17, 15) is 14.4 Å². The third kappa shape index (κ3) is 4.28. The van der Waals surface area contributed by atoms with E-state index in [1.165, 1.54) is 21.8 Å². The van der Waals surface area contributed by atoms with Crippen LogP contribution in [0, 0.1) is 6.92 Å². The summed E-state index contributed by atoms with van der Waals surface area (Å²) in [6.07, 6.45) is 1.66. The van der Waals surface area contributed by atoms with Crippen LogP contribution in [0.4, 0.5) is 5.69 Å². The minimum Gasteiger partial charge on any atom is -0.456 e. The van der Waals surface area contributed by atoms with Crippen molar-refractivity contribution in [1.82, 2.24) is 9.38 Å². The van der Waals surface area contributed by atoms with E-state index in [0.29, 0.717) is 27.5 Å². The highest BCUT2D eigenvalue weighted by Gasteiger charge is 2.11. The Morgan fingerprint density at radius 3 is 2.67 bits per heavy atom. The van der Waals surface area contributed by atoms with Gasteiger partial charge in [0.05, 0.1) is 16.1 Å². The highest BCUT2D eigenvalue weighted by atomic mass is 32.1. The number of amides is 1. The molecule has 0 radical (unpaired) electrons. The number of aryl methyl sites for hydroxylation is 1. The van der Waals surface area contributed by atoms with Gasteiger partial charge in [0.15, 0.2) is 0 Å². The fraction of sp³-hybridized carbons (Fsp3) is 0.0909. The molecule has 0 atom stereocenters. The number of esters is 1. The van der Waals surface area contributed by atoms with Crippen molar-refractivity contribution in [2.24, 2.45) is 0 Å². The lowest BCUT2D eigenvalue weighted by molar-refractivity contribution is 0.0467. The van der Waals surface area contributed by atoms with Crippen molar-refractivity contribution in [2.75, 3.05) is 5.32 Å². The molecule has 0 unspecified atom stereocenters. The molecular weight excluding hydrogens is 402 g/mol. The largest absolute Gasteiger partial charge is 0.456 e. The zero-order valence-electron chi connectivity index (χ0n) is 16.0. The first-order valence-electron chi connectivity index (χ1n) is 9.10. The molecule has 1 N–H and O–H groups in total. The second kappa shape index (κ2) is 8.30. The van der Waals surface area contributed by atoms with Crippen molar-refractivity contribution in [1.29, 1.82) is 0 Å². The molecule has 0 saturated carbocycles. The van der Waals surface area contributed by atoms with Gasteiger partial charge in [0.1, 0.15) is 12.3 Å². The molecular formula is C22H17N3O4S. The molecule has 0 aliphatic heterocycles. The van der Waals surface area contributed by atoms with Crippen LogP contribution < -0.4 is 10.9 Å². The first-order chi connectivity index (χ1) is 14.5. The fourth-order valence-electron chi connectivity index (χ4n) is 2.84. The minimum atomic E-state index is -0.544. The van der Waals surface area contributed by atoms with Gasteiger partial charge in [0.25, 0.3) is 11.5 Å². The van der Waals surface area contributed by atoms with Crippen LogP contribution in [0.5, 0.6) is 0 Å². The number of rotatable bonds is 5. The van der Waals surface area contributed by atoms with Gasteiger partial charge in [-0.1, -0.05) is 6.07 Å².